The van der Waals surface area contributed by atoms with Gasteiger partial charge in [0.1, 0.15) is 0 Å². The van der Waals surface area contributed by atoms with E-state index < -0.39 is 0 Å². The normalized spacial score (nSPS) is 14.5. The third kappa shape index (κ3) is 19.3. The van der Waals surface area contributed by atoms with E-state index in [2.05, 4.69) is 220 Å². The van der Waals surface area contributed by atoms with Crippen LogP contribution in [0.1, 0.15) is 149 Å². The zero-order valence-electron chi connectivity index (χ0n) is 40.3. The summed E-state index contributed by atoms with van der Waals surface area (Å²) in [6.45, 7) is 37.5. The van der Waals surface area contributed by atoms with E-state index in [-0.39, 0.29) is 84.1 Å². The summed E-state index contributed by atoms with van der Waals surface area (Å²) < 4.78 is 0. The van der Waals surface area contributed by atoms with Crippen LogP contribution in [-0.2, 0) is 43.4 Å². The zero-order chi connectivity index (χ0) is 41.9. The number of halogens is 2. The fraction of sp³-hybridized carbons (Fsp3) is 0.519. The van der Waals surface area contributed by atoms with E-state index in [0.29, 0.717) is 20.6 Å². The van der Waals surface area contributed by atoms with Gasteiger partial charge in [-0.05, 0) is 33.5 Å². The summed E-state index contributed by atoms with van der Waals surface area (Å²) in [5.41, 5.74) is 2.84. The maximum atomic E-state index is 3.35. The van der Waals surface area contributed by atoms with Crippen molar-refractivity contribution in [2.24, 2.45) is 11.8 Å². The van der Waals surface area contributed by atoms with Crippen LogP contribution < -0.4 is 35.4 Å². The van der Waals surface area contributed by atoms with Gasteiger partial charge in [0.15, 0.2) is 0 Å². The predicted octanol–water partition coefficient (Wildman–Crippen LogP) is 10.8. The molecule has 0 fully saturated rings. The van der Waals surface area contributed by atoms with Gasteiger partial charge in [-0.3, -0.25) is 12.2 Å². The summed E-state index contributed by atoms with van der Waals surface area (Å²) >= 11 is 0. The molecular weight excluding hydrogens is 877 g/mol. The zero-order valence-corrected chi connectivity index (χ0v) is 46.7. The Bertz CT molecular complexity index is 1680. The van der Waals surface area contributed by atoms with Crippen LogP contribution in [0.3, 0.4) is 0 Å². The van der Waals surface area contributed by atoms with E-state index in [1.807, 2.05) is 0 Å². The first-order valence-corrected chi connectivity index (χ1v) is 24.2. The van der Waals surface area contributed by atoms with E-state index >= 15 is 0 Å². The smallest absolute Gasteiger partial charge is 1.00 e. The van der Waals surface area contributed by atoms with Crippen LogP contribution in [0, 0.1) is 24.0 Å². The van der Waals surface area contributed by atoms with Gasteiger partial charge in [-0.2, -0.15) is 24.3 Å². The van der Waals surface area contributed by atoms with Gasteiger partial charge >= 0.3 is 43.4 Å². The molecule has 2 unspecified atom stereocenters. The summed E-state index contributed by atoms with van der Waals surface area (Å²) in [6.07, 6.45) is 22.7. The summed E-state index contributed by atoms with van der Waals surface area (Å²) in [5.74, 6) is 1.45. The van der Waals surface area contributed by atoms with Crippen LogP contribution >= 0.6 is 15.8 Å². The van der Waals surface area contributed by atoms with Gasteiger partial charge in [0.05, 0.1) is 0 Å². The molecule has 2 aliphatic carbocycles. The third-order valence-electron chi connectivity index (χ3n) is 10.4. The molecule has 6 heteroatoms. The number of hydrogen-bond donors (Lipinski definition) is 0. The third-order valence-corrected chi connectivity index (χ3v) is 17.3. The monoisotopic (exact) mass is 954 g/mol. The molecule has 0 N–H and O–H groups in total. The van der Waals surface area contributed by atoms with Crippen LogP contribution in [0.4, 0.5) is 0 Å². The Balaban J connectivity index is 0. The first-order chi connectivity index (χ1) is 26.1. The van der Waals surface area contributed by atoms with Crippen molar-refractivity contribution in [2.45, 2.75) is 170 Å². The molecule has 2 atom stereocenters. The minimum Gasteiger partial charge on any atom is -1.00 e. The van der Waals surface area contributed by atoms with Gasteiger partial charge < -0.3 is 24.8 Å². The second kappa shape index (κ2) is 27.7. The van der Waals surface area contributed by atoms with Gasteiger partial charge in [0.2, 0.25) is 0 Å². The molecule has 0 saturated heterocycles. The van der Waals surface area contributed by atoms with E-state index in [4.69, 9.17) is 0 Å². The van der Waals surface area contributed by atoms with Crippen molar-refractivity contribution in [1.29, 1.82) is 0 Å². The molecule has 0 aromatic heterocycles. The quantitative estimate of drug-likeness (QED) is 0.0938. The molecule has 4 aromatic carbocycles. The summed E-state index contributed by atoms with van der Waals surface area (Å²) in [5, 5.41) is 10.0. The Labute approximate surface area is 415 Å². The maximum Gasteiger partial charge on any atom is 2.00 e. The number of benzene rings is 2. The average molecular weight is 956 g/mol. The first-order valence-electron chi connectivity index (χ1n) is 21.5. The molecule has 0 aliphatic heterocycles. The van der Waals surface area contributed by atoms with E-state index in [1.165, 1.54) is 58.4 Å². The largest absolute Gasteiger partial charge is 2.00 e. The molecule has 328 valence electrons. The summed E-state index contributed by atoms with van der Waals surface area (Å²) in [6, 6.07) is 27.0. The van der Waals surface area contributed by atoms with Crippen molar-refractivity contribution >= 4 is 48.0 Å². The summed E-state index contributed by atoms with van der Waals surface area (Å²) in [7, 11) is -0.369. The molecule has 4 aromatic rings. The van der Waals surface area contributed by atoms with Crippen LogP contribution in [0.25, 0.3) is 21.5 Å². The van der Waals surface area contributed by atoms with Crippen LogP contribution in [0.2, 0.25) is 0 Å². The second-order valence-electron chi connectivity index (χ2n) is 19.9. The standard InChI is InChI=1S/2C17H24P.2C10H15.2ClH.2Ti/c2*1-16(2,3)18(17(4,5)6)15-11-13-9-7-8-10-14(13)12-15;2*1-3-6-9(2)10-7-4-5-8-10;;;;/h2*7-12H,1-6H3;2*4,7,9H,3,5-6H2,1-2H3;2*1H;;/q4*-1;;;2*+2/p-2. The fourth-order valence-corrected chi connectivity index (χ4v) is 17.0. The molecular formula is C54H78Cl2P2Ti2-2. The van der Waals surface area contributed by atoms with Gasteiger partial charge in [0, 0.05) is 0 Å². The minimum absolute atomic E-state index is 0. The SMILES string of the molecule is CC(C)(C)P(c1cc2ccccc2[cH-]1)C(C)(C)C.CC(C)(C)P(c1cc2ccccc2[cH-]1)C(C)(C)C.CCCC(C)C1=[C-]CC=C1.CCCC(C)C1=[C-]CC=C1.[Cl-].[Cl-].[Ti+2].[Ti+2]. The van der Waals surface area contributed by atoms with Crippen LogP contribution in [0.5, 0.6) is 0 Å². The maximum absolute atomic E-state index is 3.35. The van der Waals surface area contributed by atoms with Gasteiger partial charge in [0.25, 0.3) is 0 Å². The van der Waals surface area contributed by atoms with Crippen molar-refractivity contribution in [3.8, 4) is 0 Å². The molecule has 0 spiro atoms. The van der Waals surface area contributed by atoms with Crippen molar-refractivity contribution in [3.05, 3.63) is 120 Å². The number of rotatable bonds is 8. The molecule has 60 heavy (non-hydrogen) atoms. The van der Waals surface area contributed by atoms with Crippen molar-refractivity contribution < 1.29 is 68.2 Å². The molecule has 0 nitrogen and oxygen atoms in total. The number of allylic oxidation sites excluding steroid dienone is 8. The second-order valence-corrected chi connectivity index (χ2v) is 27.6. The molecule has 0 heterocycles. The Morgan fingerprint density at radius 3 is 1.07 bits per heavy atom. The molecule has 0 saturated carbocycles. The minimum atomic E-state index is -0.185. The number of hydrogen-bond acceptors (Lipinski definition) is 0. The molecule has 2 aliphatic rings. The van der Waals surface area contributed by atoms with E-state index in [9.17, 15) is 0 Å². The van der Waals surface area contributed by atoms with Crippen molar-refractivity contribution in [1.82, 2.24) is 0 Å². The molecule has 0 amide bonds. The Morgan fingerprint density at radius 2 is 0.833 bits per heavy atom. The van der Waals surface area contributed by atoms with Crippen molar-refractivity contribution in [3.63, 3.8) is 0 Å². The van der Waals surface area contributed by atoms with Gasteiger partial charge in [-0.25, -0.2) is 23.3 Å². The Morgan fingerprint density at radius 1 is 0.533 bits per heavy atom. The van der Waals surface area contributed by atoms with Gasteiger partial charge in [-0.15, -0.1) is 93.5 Å². The number of fused-ring (bicyclic) bond motifs is 2. The molecule has 0 bridgehead atoms. The van der Waals surface area contributed by atoms with Crippen LogP contribution in [0.15, 0.2) is 108 Å². The van der Waals surface area contributed by atoms with Crippen LogP contribution in [-0.4, -0.2) is 20.6 Å². The van der Waals surface area contributed by atoms with Gasteiger partial charge in [-0.1, -0.05) is 163 Å². The molecule has 0 radical (unpaired) electrons. The summed E-state index contributed by atoms with van der Waals surface area (Å²) in [4.78, 5) is 0. The van der Waals surface area contributed by atoms with E-state index in [0.717, 1.165) is 24.7 Å². The topological polar surface area (TPSA) is 0 Å². The van der Waals surface area contributed by atoms with E-state index in [1.54, 1.807) is 10.6 Å². The van der Waals surface area contributed by atoms with Crippen molar-refractivity contribution in [2.75, 3.05) is 0 Å². The first kappa shape index (κ1) is 61.6. The Hall–Kier alpha value is -0.511. The Kier molecular flexibility index (Phi) is 28.5. The predicted molar refractivity (Wildman–Crippen MR) is 260 cm³/mol. The average Bonchev–Trinajstić information content (AvgIpc) is 3.90. The molecule has 6 rings (SSSR count). The fourth-order valence-electron chi connectivity index (χ4n) is 8.79.